The summed E-state index contributed by atoms with van der Waals surface area (Å²) in [5.74, 6) is 0. The van der Waals surface area contributed by atoms with Gasteiger partial charge < -0.3 is 37.2 Å². The van der Waals surface area contributed by atoms with E-state index in [0.29, 0.717) is 0 Å². The van der Waals surface area contributed by atoms with Crippen LogP contribution < -0.4 is 47.6 Å². The molecule has 5 heteroatoms. The smallest absolute Gasteiger partial charge is 1.00 e. The summed E-state index contributed by atoms with van der Waals surface area (Å²) >= 11 is 0. The molecular formula is C15H19Cl3SiTi. The van der Waals surface area contributed by atoms with Crippen LogP contribution in [0.5, 0.6) is 0 Å². The van der Waals surface area contributed by atoms with Gasteiger partial charge in [-0.05, 0) is 0 Å². The summed E-state index contributed by atoms with van der Waals surface area (Å²) in [6, 6.07) is 15.6. The van der Waals surface area contributed by atoms with Gasteiger partial charge in [0.2, 0.25) is 0 Å². The van der Waals surface area contributed by atoms with Gasteiger partial charge in [0, 0.05) is 0 Å². The predicted molar refractivity (Wildman–Crippen MR) is 74.7 cm³/mol. The van der Waals surface area contributed by atoms with E-state index in [1.807, 2.05) is 0 Å². The van der Waals surface area contributed by atoms with E-state index >= 15 is 0 Å². The fourth-order valence-electron chi connectivity index (χ4n) is 2.49. The molecule has 0 aliphatic heterocycles. The summed E-state index contributed by atoms with van der Waals surface area (Å²) in [4.78, 5) is 0. The summed E-state index contributed by atoms with van der Waals surface area (Å²) in [6.45, 7) is 9.29. The van der Waals surface area contributed by atoms with Crippen LogP contribution >= 0.6 is 0 Å². The SMILES string of the molecule is Cc1cc(C)[c-]([Si](C)(C)c2ccccc2)c1.[Cl-].[Cl-].[Cl-].[Ti+4]. The van der Waals surface area contributed by atoms with Crippen molar-refractivity contribution in [1.29, 1.82) is 0 Å². The topological polar surface area (TPSA) is 0 Å². The van der Waals surface area contributed by atoms with E-state index in [2.05, 4.69) is 69.4 Å². The molecule has 0 aromatic heterocycles. The third-order valence-corrected chi connectivity index (χ3v) is 7.07. The number of aryl methyl sites for hydroxylation is 2. The Labute approximate surface area is 157 Å². The van der Waals surface area contributed by atoms with Gasteiger partial charge in [0.05, 0.1) is 8.07 Å². The van der Waals surface area contributed by atoms with Crippen molar-refractivity contribution in [2.24, 2.45) is 0 Å². The Morgan fingerprint density at radius 3 is 1.80 bits per heavy atom. The van der Waals surface area contributed by atoms with Crippen molar-refractivity contribution in [2.45, 2.75) is 26.9 Å². The van der Waals surface area contributed by atoms with E-state index in [1.165, 1.54) is 16.3 Å². The van der Waals surface area contributed by atoms with Crippen molar-refractivity contribution >= 4 is 18.4 Å². The third kappa shape index (κ3) is 5.29. The first kappa shape index (κ1) is 25.3. The minimum atomic E-state index is -1.48. The molecule has 2 aromatic rings. The molecule has 0 spiro atoms. The van der Waals surface area contributed by atoms with E-state index in [0.717, 1.165) is 0 Å². The normalized spacial score (nSPS) is 9.40. The van der Waals surface area contributed by atoms with Crippen molar-refractivity contribution in [3.8, 4) is 0 Å². The first-order valence-corrected chi connectivity index (χ1v) is 8.82. The first-order valence-electron chi connectivity index (χ1n) is 5.82. The van der Waals surface area contributed by atoms with Gasteiger partial charge in [0.15, 0.2) is 0 Å². The van der Waals surface area contributed by atoms with Gasteiger partial charge >= 0.3 is 21.7 Å². The molecule has 0 aliphatic rings. The fourth-order valence-corrected chi connectivity index (χ4v) is 5.47. The molecule has 0 amide bonds. The average Bonchev–Trinajstić information content (AvgIpc) is 2.60. The van der Waals surface area contributed by atoms with Crippen molar-refractivity contribution in [3.05, 3.63) is 53.6 Å². The van der Waals surface area contributed by atoms with Gasteiger partial charge in [0.1, 0.15) is 0 Å². The number of hydrogen-bond donors (Lipinski definition) is 0. The van der Waals surface area contributed by atoms with Crippen molar-refractivity contribution in [1.82, 2.24) is 0 Å². The molecule has 0 N–H and O–H groups in total. The molecule has 0 unspecified atom stereocenters. The molecule has 0 fully saturated rings. The molecule has 2 aromatic carbocycles. The second-order valence-electron chi connectivity index (χ2n) is 5.12. The molecule has 0 radical (unpaired) electrons. The van der Waals surface area contributed by atoms with Crippen molar-refractivity contribution in [3.63, 3.8) is 0 Å². The summed E-state index contributed by atoms with van der Waals surface area (Å²) in [7, 11) is -1.48. The largest absolute Gasteiger partial charge is 4.00 e. The van der Waals surface area contributed by atoms with E-state index in [-0.39, 0.29) is 58.9 Å². The van der Waals surface area contributed by atoms with Gasteiger partial charge in [-0.3, -0.25) is 0 Å². The quantitative estimate of drug-likeness (QED) is 0.359. The van der Waals surface area contributed by atoms with Crippen LogP contribution in [0.15, 0.2) is 42.5 Å². The van der Waals surface area contributed by atoms with Crippen molar-refractivity contribution < 1.29 is 58.9 Å². The molecule has 0 aliphatic carbocycles. The second kappa shape index (κ2) is 10.2. The zero-order valence-electron chi connectivity index (χ0n) is 12.2. The third-order valence-electron chi connectivity index (χ3n) is 3.41. The molecule has 108 valence electrons. The maximum atomic E-state index is 2.43. The van der Waals surface area contributed by atoms with Gasteiger partial charge in [-0.25, -0.2) is 11.6 Å². The number of hydrogen-bond acceptors (Lipinski definition) is 0. The number of rotatable bonds is 2. The molecular weight excluding hydrogens is 362 g/mol. The van der Waals surface area contributed by atoms with E-state index in [4.69, 9.17) is 0 Å². The van der Waals surface area contributed by atoms with Crippen LogP contribution in [0, 0.1) is 13.8 Å². The van der Waals surface area contributed by atoms with Crippen LogP contribution in [0.25, 0.3) is 0 Å². The predicted octanol–water partition coefficient (Wildman–Crippen LogP) is -6.15. The number of halogens is 3. The number of benzene rings is 1. The molecule has 0 nitrogen and oxygen atoms in total. The maximum absolute atomic E-state index is 2.43. The monoisotopic (exact) mass is 380 g/mol. The fraction of sp³-hybridized carbons (Fsp3) is 0.267. The van der Waals surface area contributed by atoms with Gasteiger partial charge in [0.25, 0.3) is 0 Å². The summed E-state index contributed by atoms with van der Waals surface area (Å²) in [5.41, 5.74) is 2.85. The Kier molecular flexibility index (Phi) is 12.9. The molecule has 2 rings (SSSR count). The van der Waals surface area contributed by atoms with Gasteiger partial charge in [-0.15, -0.1) is 0 Å². The first-order chi connectivity index (χ1) is 7.51. The van der Waals surface area contributed by atoms with Crippen molar-refractivity contribution in [2.75, 3.05) is 0 Å². The summed E-state index contributed by atoms with van der Waals surface area (Å²) < 4.78 is 0. The Morgan fingerprint density at radius 1 is 0.900 bits per heavy atom. The molecule has 0 bridgehead atoms. The second-order valence-corrected chi connectivity index (χ2v) is 9.49. The Morgan fingerprint density at radius 2 is 1.40 bits per heavy atom. The molecule has 0 heterocycles. The van der Waals surface area contributed by atoms with Crippen LogP contribution in [0.1, 0.15) is 11.1 Å². The molecule has 20 heavy (non-hydrogen) atoms. The minimum Gasteiger partial charge on any atom is -1.00 e. The van der Waals surface area contributed by atoms with E-state index in [9.17, 15) is 0 Å². The minimum absolute atomic E-state index is 0. The maximum Gasteiger partial charge on any atom is 4.00 e. The van der Waals surface area contributed by atoms with E-state index in [1.54, 1.807) is 5.19 Å². The van der Waals surface area contributed by atoms with Crippen LogP contribution in [0.3, 0.4) is 0 Å². The van der Waals surface area contributed by atoms with Gasteiger partial charge in [-0.2, -0.15) is 16.8 Å². The summed E-state index contributed by atoms with van der Waals surface area (Å²) in [5, 5.41) is 3.10. The van der Waals surface area contributed by atoms with E-state index < -0.39 is 8.07 Å². The summed E-state index contributed by atoms with van der Waals surface area (Å²) in [6.07, 6.45) is 0. The van der Waals surface area contributed by atoms with Crippen LogP contribution in [0.2, 0.25) is 13.1 Å². The van der Waals surface area contributed by atoms with Gasteiger partial charge in [-0.1, -0.05) is 62.5 Å². The average molecular weight is 382 g/mol. The standard InChI is InChI=1S/C15H19Si.3ClH.Ti/c1-12-10-13(2)15(11-12)16(3,4)14-8-6-5-7-9-14;;;;/h5-11H,1-4H3;3*1H;/q-1;;;;+4/p-3. The molecule has 0 atom stereocenters. The van der Waals surface area contributed by atoms with Crippen LogP contribution in [0.4, 0.5) is 0 Å². The molecule has 0 saturated carbocycles. The molecule has 0 saturated heterocycles. The Bertz CT molecular complexity index is 495. The Balaban J connectivity index is -0.000000722. The Hall–Kier alpha value is 0.371. The van der Waals surface area contributed by atoms with Crippen LogP contribution in [-0.4, -0.2) is 8.07 Å². The zero-order valence-corrected chi connectivity index (χ0v) is 17.0. The zero-order chi connectivity index (χ0) is 11.8. The van der Waals surface area contributed by atoms with Crippen LogP contribution in [-0.2, 0) is 21.7 Å².